The lowest BCUT2D eigenvalue weighted by Crippen LogP contribution is -2.07. The summed E-state index contributed by atoms with van der Waals surface area (Å²) in [6.45, 7) is 9.02. The molecule has 1 heteroatoms. The van der Waals surface area contributed by atoms with Gasteiger partial charge in [0.2, 0.25) is 0 Å². The first-order valence-corrected chi connectivity index (χ1v) is 8.25. The van der Waals surface area contributed by atoms with E-state index in [0.29, 0.717) is 11.8 Å². The van der Waals surface area contributed by atoms with Gasteiger partial charge in [-0.05, 0) is 35.8 Å². The summed E-state index contributed by atoms with van der Waals surface area (Å²) in [5, 5.41) is 0.171. The molecule has 0 aromatic heterocycles. The molecule has 0 amide bonds. The van der Waals surface area contributed by atoms with Gasteiger partial charge in [0.25, 0.3) is 0 Å². The molecule has 2 unspecified atom stereocenters. The maximum atomic E-state index is 6.67. The molecule has 0 heterocycles. The van der Waals surface area contributed by atoms with Crippen LogP contribution >= 0.6 is 11.6 Å². The van der Waals surface area contributed by atoms with Crippen molar-refractivity contribution in [2.24, 2.45) is 11.8 Å². The lowest BCUT2D eigenvalue weighted by atomic mass is 9.90. The fourth-order valence-corrected chi connectivity index (χ4v) is 3.05. The van der Waals surface area contributed by atoms with Gasteiger partial charge in [-0.25, -0.2) is 0 Å². The van der Waals surface area contributed by atoms with Crippen LogP contribution in [0.15, 0.2) is 24.3 Å². The minimum Gasteiger partial charge on any atom is -0.118 e. The van der Waals surface area contributed by atoms with Gasteiger partial charge in [0, 0.05) is 0 Å². The van der Waals surface area contributed by atoms with E-state index in [1.807, 2.05) is 0 Å². The number of rotatable bonds is 8. The number of unbranched alkanes of at least 4 members (excludes halogenated alkanes) is 1. The highest BCUT2D eigenvalue weighted by atomic mass is 35.5. The summed E-state index contributed by atoms with van der Waals surface area (Å²) < 4.78 is 0. The standard InChI is InChI=1S/C18H29Cl/c1-5-7-8-16(6-2)18(19)17-11-9-15(10-12-17)13-14(3)4/h9-12,14,16,18H,5-8,13H2,1-4H3. The molecular formula is C18H29Cl. The van der Waals surface area contributed by atoms with Gasteiger partial charge in [-0.2, -0.15) is 0 Å². The summed E-state index contributed by atoms with van der Waals surface area (Å²) in [6, 6.07) is 8.95. The Morgan fingerprint density at radius 2 is 1.68 bits per heavy atom. The molecule has 0 aliphatic heterocycles. The number of alkyl halides is 1. The second-order valence-electron chi connectivity index (χ2n) is 6.05. The Kier molecular flexibility index (Phi) is 7.53. The average Bonchev–Trinajstić information content (AvgIpc) is 2.39. The molecule has 0 bridgehead atoms. The molecular weight excluding hydrogens is 252 g/mol. The summed E-state index contributed by atoms with van der Waals surface area (Å²) in [4.78, 5) is 0. The van der Waals surface area contributed by atoms with Gasteiger partial charge in [-0.3, -0.25) is 0 Å². The predicted molar refractivity (Wildman–Crippen MR) is 86.9 cm³/mol. The molecule has 0 saturated heterocycles. The van der Waals surface area contributed by atoms with Crippen molar-refractivity contribution in [2.45, 2.75) is 65.2 Å². The van der Waals surface area contributed by atoms with Crippen LogP contribution in [0.4, 0.5) is 0 Å². The molecule has 0 nitrogen and oxygen atoms in total. The van der Waals surface area contributed by atoms with Gasteiger partial charge in [0.05, 0.1) is 5.38 Å². The Morgan fingerprint density at radius 1 is 1.05 bits per heavy atom. The fourth-order valence-electron chi connectivity index (χ4n) is 2.60. The summed E-state index contributed by atoms with van der Waals surface area (Å²) in [6.07, 6.45) is 6.11. The van der Waals surface area contributed by atoms with Crippen LogP contribution in [0.25, 0.3) is 0 Å². The highest BCUT2D eigenvalue weighted by molar-refractivity contribution is 6.21. The highest BCUT2D eigenvalue weighted by Crippen LogP contribution is 2.34. The summed E-state index contributed by atoms with van der Waals surface area (Å²) >= 11 is 6.67. The van der Waals surface area contributed by atoms with Crippen molar-refractivity contribution in [3.8, 4) is 0 Å². The Hall–Kier alpha value is -0.490. The normalized spacial score (nSPS) is 14.6. The second kappa shape index (κ2) is 8.64. The Labute approximate surface area is 124 Å². The highest BCUT2D eigenvalue weighted by Gasteiger charge is 2.18. The van der Waals surface area contributed by atoms with Gasteiger partial charge in [-0.1, -0.05) is 71.2 Å². The molecule has 1 rings (SSSR count). The fraction of sp³-hybridized carbons (Fsp3) is 0.667. The molecule has 0 spiro atoms. The summed E-state index contributed by atoms with van der Waals surface area (Å²) in [5.41, 5.74) is 2.71. The van der Waals surface area contributed by atoms with Crippen LogP contribution in [0.3, 0.4) is 0 Å². The van der Waals surface area contributed by atoms with Gasteiger partial charge in [0.1, 0.15) is 0 Å². The van der Waals surface area contributed by atoms with E-state index < -0.39 is 0 Å². The van der Waals surface area contributed by atoms with E-state index in [1.165, 1.54) is 36.8 Å². The zero-order valence-electron chi connectivity index (χ0n) is 13.0. The molecule has 0 fully saturated rings. The maximum Gasteiger partial charge on any atom is 0.0613 e. The Balaban J connectivity index is 2.67. The van der Waals surface area contributed by atoms with Crippen molar-refractivity contribution in [1.82, 2.24) is 0 Å². The average molecular weight is 281 g/mol. The van der Waals surface area contributed by atoms with Crippen molar-refractivity contribution in [3.63, 3.8) is 0 Å². The third-order valence-corrected chi connectivity index (χ3v) is 4.42. The largest absolute Gasteiger partial charge is 0.118 e. The van der Waals surface area contributed by atoms with Crippen LogP contribution < -0.4 is 0 Å². The van der Waals surface area contributed by atoms with Gasteiger partial charge in [0.15, 0.2) is 0 Å². The van der Waals surface area contributed by atoms with E-state index in [9.17, 15) is 0 Å². The van der Waals surface area contributed by atoms with Crippen molar-refractivity contribution in [3.05, 3.63) is 35.4 Å². The molecule has 0 saturated carbocycles. The molecule has 108 valence electrons. The lowest BCUT2D eigenvalue weighted by molar-refractivity contribution is 0.437. The number of halogens is 1. The molecule has 0 radical (unpaired) electrons. The first kappa shape index (κ1) is 16.6. The van der Waals surface area contributed by atoms with Gasteiger partial charge in [-0.15, -0.1) is 11.6 Å². The van der Waals surface area contributed by atoms with Crippen LogP contribution in [0.1, 0.15) is 69.9 Å². The quantitative estimate of drug-likeness (QED) is 0.485. The molecule has 0 aliphatic carbocycles. The third-order valence-electron chi connectivity index (χ3n) is 3.81. The van der Waals surface area contributed by atoms with Crippen LogP contribution in [-0.4, -0.2) is 0 Å². The molecule has 1 aromatic carbocycles. The number of hydrogen-bond acceptors (Lipinski definition) is 0. The van der Waals surface area contributed by atoms with Crippen molar-refractivity contribution in [1.29, 1.82) is 0 Å². The zero-order valence-corrected chi connectivity index (χ0v) is 13.7. The van der Waals surface area contributed by atoms with E-state index in [1.54, 1.807) is 0 Å². The smallest absolute Gasteiger partial charge is 0.0613 e. The van der Waals surface area contributed by atoms with Crippen LogP contribution in [-0.2, 0) is 6.42 Å². The van der Waals surface area contributed by atoms with E-state index in [4.69, 9.17) is 11.6 Å². The lowest BCUT2D eigenvalue weighted by Gasteiger charge is -2.21. The van der Waals surface area contributed by atoms with Crippen molar-refractivity contribution in [2.75, 3.05) is 0 Å². The minimum atomic E-state index is 0.171. The summed E-state index contributed by atoms with van der Waals surface area (Å²) in [5.74, 6) is 1.32. The zero-order chi connectivity index (χ0) is 14.3. The van der Waals surface area contributed by atoms with Crippen LogP contribution in [0.2, 0.25) is 0 Å². The molecule has 0 aliphatic rings. The monoisotopic (exact) mass is 280 g/mol. The van der Waals surface area contributed by atoms with E-state index in [-0.39, 0.29) is 5.38 Å². The predicted octanol–water partition coefficient (Wildman–Crippen LogP) is 6.38. The van der Waals surface area contributed by atoms with Gasteiger partial charge >= 0.3 is 0 Å². The molecule has 19 heavy (non-hydrogen) atoms. The topological polar surface area (TPSA) is 0 Å². The van der Waals surface area contributed by atoms with E-state index in [0.717, 1.165) is 6.42 Å². The maximum absolute atomic E-state index is 6.67. The van der Waals surface area contributed by atoms with E-state index >= 15 is 0 Å². The first-order valence-electron chi connectivity index (χ1n) is 7.81. The molecule has 2 atom stereocenters. The van der Waals surface area contributed by atoms with Crippen LogP contribution in [0.5, 0.6) is 0 Å². The van der Waals surface area contributed by atoms with Crippen LogP contribution in [0, 0.1) is 11.8 Å². The van der Waals surface area contributed by atoms with E-state index in [2.05, 4.69) is 52.0 Å². The second-order valence-corrected chi connectivity index (χ2v) is 6.52. The first-order chi connectivity index (χ1) is 9.08. The number of hydrogen-bond donors (Lipinski definition) is 0. The SMILES string of the molecule is CCCCC(CC)C(Cl)c1ccc(CC(C)C)cc1. The molecule has 1 aromatic rings. The summed E-state index contributed by atoms with van der Waals surface area (Å²) in [7, 11) is 0. The Morgan fingerprint density at radius 3 is 2.16 bits per heavy atom. The molecule has 0 N–H and O–H groups in total. The Bertz CT molecular complexity index is 339. The minimum absolute atomic E-state index is 0.171. The number of benzene rings is 1. The third kappa shape index (κ3) is 5.57. The van der Waals surface area contributed by atoms with Crippen molar-refractivity contribution < 1.29 is 0 Å². The van der Waals surface area contributed by atoms with Crippen molar-refractivity contribution >= 4 is 11.6 Å². The van der Waals surface area contributed by atoms with Gasteiger partial charge < -0.3 is 0 Å².